The molecule has 0 spiro atoms. The summed E-state index contributed by atoms with van der Waals surface area (Å²) in [5, 5.41) is 2.01. The number of rotatable bonds is 6. The standard InChI is InChI=1S/C24H30N2O3S/c27-23(16-22-10-6-14-30-22)26-13-5-7-19(17-26)18-29-21-9-4-8-20(15-21)24(28)25-11-2-1-3-12-25/h4,6,8-10,14-15,19H,1-3,5,7,11-13,16-18H2/t19-/m1/s1. The van der Waals surface area contributed by atoms with Crippen molar-refractivity contribution in [2.45, 2.75) is 38.5 Å². The summed E-state index contributed by atoms with van der Waals surface area (Å²) in [6.45, 7) is 3.85. The molecular weight excluding hydrogens is 396 g/mol. The Balaban J connectivity index is 1.29. The molecule has 30 heavy (non-hydrogen) atoms. The molecule has 6 heteroatoms. The molecule has 2 aromatic rings. The zero-order valence-electron chi connectivity index (χ0n) is 17.4. The largest absolute Gasteiger partial charge is 0.493 e. The molecule has 0 aliphatic carbocycles. The topological polar surface area (TPSA) is 49.9 Å². The Morgan fingerprint density at radius 3 is 2.63 bits per heavy atom. The Bertz CT molecular complexity index is 846. The Morgan fingerprint density at radius 1 is 1.00 bits per heavy atom. The fraction of sp³-hybridized carbons (Fsp3) is 0.500. The van der Waals surface area contributed by atoms with Crippen molar-refractivity contribution in [1.29, 1.82) is 0 Å². The van der Waals surface area contributed by atoms with Gasteiger partial charge in [0.1, 0.15) is 5.75 Å². The molecule has 2 saturated heterocycles. The van der Waals surface area contributed by atoms with Crippen molar-refractivity contribution < 1.29 is 14.3 Å². The highest BCUT2D eigenvalue weighted by Gasteiger charge is 2.24. The van der Waals surface area contributed by atoms with E-state index < -0.39 is 0 Å². The highest BCUT2D eigenvalue weighted by molar-refractivity contribution is 7.10. The van der Waals surface area contributed by atoms with E-state index in [-0.39, 0.29) is 11.8 Å². The molecule has 2 aliphatic rings. The highest BCUT2D eigenvalue weighted by atomic mass is 32.1. The van der Waals surface area contributed by atoms with Gasteiger partial charge in [0.15, 0.2) is 0 Å². The number of benzene rings is 1. The smallest absolute Gasteiger partial charge is 0.253 e. The van der Waals surface area contributed by atoms with Gasteiger partial charge in [-0.2, -0.15) is 0 Å². The van der Waals surface area contributed by atoms with Gasteiger partial charge in [0, 0.05) is 42.5 Å². The molecule has 1 atom stereocenters. The van der Waals surface area contributed by atoms with Gasteiger partial charge in [0.2, 0.25) is 5.91 Å². The van der Waals surface area contributed by atoms with Crippen LogP contribution in [0.1, 0.15) is 47.3 Å². The number of piperidine rings is 2. The molecule has 1 aromatic carbocycles. The number of ether oxygens (including phenoxy) is 1. The van der Waals surface area contributed by atoms with Crippen molar-refractivity contribution in [2.75, 3.05) is 32.8 Å². The molecule has 160 valence electrons. The van der Waals surface area contributed by atoms with Crippen LogP contribution in [0.25, 0.3) is 0 Å². The van der Waals surface area contributed by atoms with Crippen molar-refractivity contribution in [3.05, 3.63) is 52.2 Å². The summed E-state index contributed by atoms with van der Waals surface area (Å²) in [7, 11) is 0. The van der Waals surface area contributed by atoms with Crippen LogP contribution in [0, 0.1) is 5.92 Å². The average molecular weight is 427 g/mol. The van der Waals surface area contributed by atoms with Crippen LogP contribution in [-0.2, 0) is 11.2 Å². The van der Waals surface area contributed by atoms with E-state index in [9.17, 15) is 9.59 Å². The van der Waals surface area contributed by atoms with E-state index in [1.165, 1.54) is 6.42 Å². The predicted molar refractivity (Wildman–Crippen MR) is 119 cm³/mol. The monoisotopic (exact) mass is 426 g/mol. The molecular formula is C24H30N2O3S. The van der Waals surface area contributed by atoms with Gasteiger partial charge in [-0.3, -0.25) is 9.59 Å². The van der Waals surface area contributed by atoms with Gasteiger partial charge < -0.3 is 14.5 Å². The first-order valence-electron chi connectivity index (χ1n) is 11.0. The van der Waals surface area contributed by atoms with Gasteiger partial charge in [-0.15, -0.1) is 11.3 Å². The van der Waals surface area contributed by atoms with Crippen LogP contribution in [0.2, 0.25) is 0 Å². The lowest BCUT2D eigenvalue weighted by Crippen LogP contribution is -2.42. The fourth-order valence-electron chi connectivity index (χ4n) is 4.31. The summed E-state index contributed by atoms with van der Waals surface area (Å²) in [4.78, 5) is 30.4. The summed E-state index contributed by atoms with van der Waals surface area (Å²) in [5.41, 5.74) is 0.700. The van der Waals surface area contributed by atoms with E-state index in [1.807, 2.05) is 51.6 Å². The van der Waals surface area contributed by atoms with Crippen molar-refractivity contribution in [3.8, 4) is 5.75 Å². The summed E-state index contributed by atoms with van der Waals surface area (Å²) in [5.74, 6) is 1.37. The van der Waals surface area contributed by atoms with Crippen molar-refractivity contribution in [3.63, 3.8) is 0 Å². The van der Waals surface area contributed by atoms with Gasteiger partial charge in [-0.1, -0.05) is 12.1 Å². The number of thiophene rings is 1. The van der Waals surface area contributed by atoms with Gasteiger partial charge in [0.25, 0.3) is 5.91 Å². The third-order valence-corrected chi connectivity index (χ3v) is 6.86. The Kier molecular flexibility index (Phi) is 7.05. The maximum Gasteiger partial charge on any atom is 0.253 e. The lowest BCUT2D eigenvalue weighted by molar-refractivity contribution is -0.132. The second-order valence-electron chi connectivity index (χ2n) is 8.30. The van der Waals surface area contributed by atoms with Crippen molar-refractivity contribution in [2.24, 2.45) is 5.92 Å². The maximum atomic E-state index is 12.7. The molecule has 0 unspecified atom stereocenters. The molecule has 2 amide bonds. The minimum absolute atomic E-state index is 0.100. The molecule has 0 radical (unpaired) electrons. The van der Waals surface area contributed by atoms with Crippen LogP contribution in [0.5, 0.6) is 5.75 Å². The zero-order valence-corrected chi connectivity index (χ0v) is 18.2. The van der Waals surface area contributed by atoms with E-state index in [2.05, 4.69) is 0 Å². The van der Waals surface area contributed by atoms with Crippen molar-refractivity contribution >= 4 is 23.2 Å². The molecule has 4 rings (SSSR count). The number of amides is 2. The average Bonchev–Trinajstić information content (AvgIpc) is 3.31. The Hall–Kier alpha value is -2.34. The molecule has 3 heterocycles. The number of carbonyl (C=O) groups excluding carboxylic acids is 2. The molecule has 2 aliphatic heterocycles. The molecule has 5 nitrogen and oxygen atoms in total. The predicted octanol–water partition coefficient (Wildman–Crippen LogP) is 4.23. The minimum atomic E-state index is 0.100. The van der Waals surface area contributed by atoms with E-state index in [0.29, 0.717) is 24.5 Å². The van der Waals surface area contributed by atoms with Gasteiger partial charge >= 0.3 is 0 Å². The number of carbonyl (C=O) groups is 2. The van der Waals surface area contributed by atoms with E-state index >= 15 is 0 Å². The van der Waals surface area contributed by atoms with Crippen LogP contribution in [0.15, 0.2) is 41.8 Å². The van der Waals surface area contributed by atoms with E-state index in [1.54, 1.807) is 11.3 Å². The van der Waals surface area contributed by atoms with Crippen LogP contribution < -0.4 is 4.74 Å². The maximum absolute atomic E-state index is 12.7. The van der Waals surface area contributed by atoms with Crippen LogP contribution in [-0.4, -0.2) is 54.4 Å². The number of nitrogens with zero attached hydrogens (tertiary/aromatic N) is 2. The fourth-order valence-corrected chi connectivity index (χ4v) is 5.01. The first kappa shape index (κ1) is 20.9. The summed E-state index contributed by atoms with van der Waals surface area (Å²) >= 11 is 1.63. The molecule has 0 N–H and O–H groups in total. The van der Waals surface area contributed by atoms with Gasteiger partial charge in [-0.05, 0) is 61.7 Å². The lowest BCUT2D eigenvalue weighted by Gasteiger charge is -2.32. The Labute approximate surface area is 182 Å². The summed E-state index contributed by atoms with van der Waals surface area (Å²) in [6, 6.07) is 11.5. The first-order valence-corrected chi connectivity index (χ1v) is 11.9. The van der Waals surface area contributed by atoms with Crippen molar-refractivity contribution in [1.82, 2.24) is 9.80 Å². The van der Waals surface area contributed by atoms with E-state index in [4.69, 9.17) is 4.74 Å². The molecule has 2 fully saturated rings. The Morgan fingerprint density at radius 2 is 1.83 bits per heavy atom. The lowest BCUT2D eigenvalue weighted by atomic mass is 9.98. The summed E-state index contributed by atoms with van der Waals surface area (Å²) < 4.78 is 6.05. The molecule has 0 bridgehead atoms. The zero-order chi connectivity index (χ0) is 20.8. The van der Waals surface area contributed by atoms with Crippen LogP contribution in [0.3, 0.4) is 0 Å². The second kappa shape index (κ2) is 10.1. The highest BCUT2D eigenvalue weighted by Crippen LogP contribution is 2.22. The normalized spacial score (nSPS) is 19.5. The first-order chi connectivity index (χ1) is 14.7. The van der Waals surface area contributed by atoms with Crippen LogP contribution >= 0.6 is 11.3 Å². The number of likely N-dealkylation sites (tertiary alicyclic amines) is 2. The van der Waals surface area contributed by atoms with E-state index in [0.717, 1.165) is 62.5 Å². The second-order valence-corrected chi connectivity index (χ2v) is 9.33. The summed E-state index contributed by atoms with van der Waals surface area (Å²) in [6.07, 6.45) is 5.95. The number of hydrogen-bond donors (Lipinski definition) is 0. The third kappa shape index (κ3) is 5.42. The van der Waals surface area contributed by atoms with Gasteiger partial charge in [0.05, 0.1) is 13.0 Å². The molecule has 0 saturated carbocycles. The quantitative estimate of drug-likeness (QED) is 0.694. The van der Waals surface area contributed by atoms with Gasteiger partial charge in [-0.25, -0.2) is 0 Å². The minimum Gasteiger partial charge on any atom is -0.493 e. The molecule has 1 aromatic heterocycles. The number of hydrogen-bond acceptors (Lipinski definition) is 4. The van der Waals surface area contributed by atoms with Crippen LogP contribution in [0.4, 0.5) is 0 Å². The third-order valence-electron chi connectivity index (χ3n) is 5.99. The SMILES string of the molecule is O=C(Cc1cccs1)N1CCC[C@@H](COc2cccc(C(=O)N3CCCCC3)c2)C1.